The highest BCUT2D eigenvalue weighted by Crippen LogP contribution is 2.35. The molecular formula is C39H51Cl2N3O9. The Hall–Kier alpha value is -4.13. The van der Waals surface area contributed by atoms with Crippen LogP contribution in [0.25, 0.3) is 0 Å². The number of hydrogen-bond donors (Lipinski definition) is 3. The lowest BCUT2D eigenvalue weighted by atomic mass is 9.90. The van der Waals surface area contributed by atoms with Crippen molar-refractivity contribution in [3.8, 4) is 5.75 Å². The average Bonchev–Trinajstić information content (AvgIpc) is 3.11. The second-order valence-electron chi connectivity index (χ2n) is 14.1. The summed E-state index contributed by atoms with van der Waals surface area (Å²) in [4.78, 5) is 67.1. The normalized spacial score (nSPS) is 22.3. The molecule has 0 aromatic heterocycles. The molecule has 1 aliphatic heterocycles. The second kappa shape index (κ2) is 20.4. The smallest absolute Gasteiger partial charge is 0.347 e. The van der Waals surface area contributed by atoms with Gasteiger partial charge in [-0.25, -0.2) is 4.79 Å². The maximum atomic E-state index is 13.9. The summed E-state index contributed by atoms with van der Waals surface area (Å²) in [6.07, 6.45) is -0.318. The zero-order chi connectivity index (χ0) is 39.3. The van der Waals surface area contributed by atoms with Crippen molar-refractivity contribution in [3.05, 3.63) is 76.8 Å². The summed E-state index contributed by atoms with van der Waals surface area (Å²) in [5, 5.41) is 7.75. The van der Waals surface area contributed by atoms with E-state index in [0.29, 0.717) is 21.9 Å². The number of alkyl halides is 1. The summed E-state index contributed by atoms with van der Waals surface area (Å²) in [5.74, 6) is -3.59. The largest absolute Gasteiger partial charge is 0.495 e. The molecule has 2 aromatic rings. The van der Waals surface area contributed by atoms with E-state index in [1.165, 1.54) is 19.3 Å². The van der Waals surface area contributed by atoms with E-state index >= 15 is 0 Å². The third kappa shape index (κ3) is 13.0. The summed E-state index contributed by atoms with van der Waals surface area (Å²) in [6.45, 7) is 8.38. The number of amides is 2. The fraction of sp³-hybridized carbons (Fsp3) is 0.513. The van der Waals surface area contributed by atoms with Crippen LogP contribution in [-0.2, 0) is 44.6 Å². The van der Waals surface area contributed by atoms with Crippen LogP contribution in [0.4, 0.5) is 0 Å². The van der Waals surface area contributed by atoms with Gasteiger partial charge in [0.25, 0.3) is 0 Å². The Morgan fingerprint density at radius 3 is 2.38 bits per heavy atom. The molecule has 3 rings (SSSR count). The lowest BCUT2D eigenvalue weighted by Gasteiger charge is -2.34. The van der Waals surface area contributed by atoms with Gasteiger partial charge in [0, 0.05) is 25.3 Å². The molecule has 0 saturated heterocycles. The fourth-order valence-corrected chi connectivity index (χ4v) is 6.33. The van der Waals surface area contributed by atoms with Crippen molar-refractivity contribution in [3.63, 3.8) is 0 Å². The summed E-state index contributed by atoms with van der Waals surface area (Å²) in [6, 6.07) is 13.0. The SMILES string of the molecule is CNCC(=O)O[C@H]([C@@H](C)[C@@H]1C/C=C/C(=O)N[C@H](Cc2ccc(OC)c(Cl)c2)C(=O)NCC(C)(C)C(=O)O[C@@H](CC(C)C)C(=O)O1)[C@@H](Cl)c1ccccc1. The Balaban J connectivity index is 2.04. The van der Waals surface area contributed by atoms with Gasteiger partial charge in [0.2, 0.25) is 11.8 Å². The molecule has 1 aliphatic rings. The Kier molecular flexibility index (Phi) is 16.6. The number of carbonyl (C=O) groups is 5. The van der Waals surface area contributed by atoms with Crippen molar-refractivity contribution >= 4 is 52.9 Å². The van der Waals surface area contributed by atoms with Gasteiger partial charge in [-0.1, -0.05) is 74.8 Å². The van der Waals surface area contributed by atoms with E-state index < -0.39 is 70.8 Å². The van der Waals surface area contributed by atoms with E-state index in [9.17, 15) is 24.0 Å². The van der Waals surface area contributed by atoms with Gasteiger partial charge in [-0.15, -0.1) is 11.6 Å². The van der Waals surface area contributed by atoms with Gasteiger partial charge in [0.05, 0.1) is 29.5 Å². The van der Waals surface area contributed by atoms with Crippen LogP contribution < -0.4 is 20.7 Å². The number of nitrogens with one attached hydrogen (secondary N) is 3. The number of carbonyl (C=O) groups excluding carboxylic acids is 5. The molecule has 0 bridgehead atoms. The van der Waals surface area contributed by atoms with Crippen molar-refractivity contribution in [1.29, 1.82) is 0 Å². The first kappa shape index (κ1) is 43.3. The number of benzene rings is 2. The first-order valence-electron chi connectivity index (χ1n) is 17.6. The number of rotatable bonds is 12. The lowest BCUT2D eigenvalue weighted by molar-refractivity contribution is -0.181. The van der Waals surface area contributed by atoms with E-state index in [1.807, 2.05) is 19.9 Å². The molecule has 290 valence electrons. The molecule has 12 nitrogen and oxygen atoms in total. The van der Waals surface area contributed by atoms with Gasteiger partial charge in [0.15, 0.2) is 6.10 Å². The van der Waals surface area contributed by atoms with E-state index in [0.717, 1.165) is 0 Å². The van der Waals surface area contributed by atoms with Crippen LogP contribution in [0.15, 0.2) is 60.7 Å². The third-order valence-electron chi connectivity index (χ3n) is 8.75. The summed E-state index contributed by atoms with van der Waals surface area (Å²) >= 11 is 13.3. The van der Waals surface area contributed by atoms with Crippen LogP contribution >= 0.6 is 23.2 Å². The minimum Gasteiger partial charge on any atom is -0.495 e. The average molecular weight is 777 g/mol. The maximum absolute atomic E-state index is 13.9. The monoisotopic (exact) mass is 775 g/mol. The topological polar surface area (TPSA) is 158 Å². The highest BCUT2D eigenvalue weighted by atomic mass is 35.5. The first-order chi connectivity index (χ1) is 25.1. The number of halogens is 2. The van der Waals surface area contributed by atoms with Gasteiger partial charge in [-0.3, -0.25) is 19.2 Å². The lowest BCUT2D eigenvalue weighted by Crippen LogP contribution is -2.51. The van der Waals surface area contributed by atoms with E-state index in [2.05, 4.69) is 16.0 Å². The van der Waals surface area contributed by atoms with Crippen LogP contribution in [0, 0.1) is 17.3 Å². The zero-order valence-electron chi connectivity index (χ0n) is 31.3. The fourth-order valence-electron chi connectivity index (χ4n) is 5.63. The van der Waals surface area contributed by atoms with Crippen molar-refractivity contribution in [1.82, 2.24) is 16.0 Å². The molecule has 0 aliphatic carbocycles. The number of cyclic esters (lactones) is 2. The van der Waals surface area contributed by atoms with Crippen LogP contribution in [0.3, 0.4) is 0 Å². The molecule has 0 fully saturated rings. The minimum atomic E-state index is -1.29. The summed E-state index contributed by atoms with van der Waals surface area (Å²) < 4.78 is 23.0. The molecule has 0 saturated carbocycles. The molecule has 1 heterocycles. The van der Waals surface area contributed by atoms with Crippen molar-refractivity contribution in [2.24, 2.45) is 17.3 Å². The van der Waals surface area contributed by atoms with E-state index in [-0.39, 0.29) is 38.3 Å². The number of likely N-dealkylation sites (N-methyl/N-ethyl adjacent to an activating group) is 1. The third-order valence-corrected chi connectivity index (χ3v) is 9.54. The van der Waals surface area contributed by atoms with Crippen molar-refractivity contribution in [2.75, 3.05) is 27.2 Å². The van der Waals surface area contributed by atoms with Gasteiger partial charge >= 0.3 is 17.9 Å². The molecule has 53 heavy (non-hydrogen) atoms. The van der Waals surface area contributed by atoms with Gasteiger partial charge < -0.3 is 34.9 Å². The molecular weight excluding hydrogens is 725 g/mol. The predicted molar refractivity (Wildman–Crippen MR) is 201 cm³/mol. The van der Waals surface area contributed by atoms with E-state index in [1.54, 1.807) is 70.3 Å². The maximum Gasteiger partial charge on any atom is 0.347 e. The van der Waals surface area contributed by atoms with Crippen LogP contribution in [0.1, 0.15) is 64.0 Å². The number of esters is 3. The van der Waals surface area contributed by atoms with Crippen LogP contribution in [-0.4, -0.2) is 81.3 Å². The van der Waals surface area contributed by atoms with Gasteiger partial charge in [-0.05, 0) is 62.6 Å². The Bertz CT molecular complexity index is 1600. The molecule has 0 radical (unpaired) electrons. The highest BCUT2D eigenvalue weighted by Gasteiger charge is 2.40. The van der Waals surface area contributed by atoms with Crippen LogP contribution in [0.2, 0.25) is 5.02 Å². The minimum absolute atomic E-state index is 0.0163. The molecule has 2 amide bonds. The van der Waals surface area contributed by atoms with Crippen LogP contribution in [0.5, 0.6) is 5.75 Å². The second-order valence-corrected chi connectivity index (χ2v) is 15.0. The molecule has 14 heteroatoms. The first-order valence-corrected chi connectivity index (χ1v) is 18.4. The van der Waals surface area contributed by atoms with Crippen molar-refractivity contribution in [2.45, 2.75) is 83.6 Å². The quantitative estimate of drug-likeness (QED) is 0.151. The standard InChI is InChI=1S/C39H51Cl2N3O9/c1-23(2)18-31-37(48)51-29(24(3)35(53-33(46)21-42-6)34(41)26-12-9-8-10-13-26)14-11-15-32(45)44-28(20-25-16-17-30(50-7)27(40)19-25)36(47)43-22-39(4,5)38(49)52-31/h8-13,15-17,19,23-24,28-29,31,34-35,42H,14,18,20-22H2,1-7H3,(H,43,47)(H,44,45)/b15-11+/t24-,28+,29-,31-,34-,35+/m0/s1. The number of hydrogen-bond acceptors (Lipinski definition) is 10. The Labute approximate surface area is 321 Å². The predicted octanol–water partition coefficient (Wildman–Crippen LogP) is 5.10. The Morgan fingerprint density at radius 2 is 1.75 bits per heavy atom. The van der Waals surface area contributed by atoms with Gasteiger partial charge in [0.1, 0.15) is 24.0 Å². The Morgan fingerprint density at radius 1 is 1.06 bits per heavy atom. The molecule has 2 aromatic carbocycles. The molecule has 3 N–H and O–H groups in total. The number of methoxy groups -OCH3 is 1. The zero-order valence-corrected chi connectivity index (χ0v) is 32.8. The summed E-state index contributed by atoms with van der Waals surface area (Å²) in [7, 11) is 3.09. The highest BCUT2D eigenvalue weighted by molar-refractivity contribution is 6.32. The molecule has 0 spiro atoms. The number of ether oxygens (including phenoxy) is 4. The molecule has 6 atom stereocenters. The van der Waals surface area contributed by atoms with Gasteiger partial charge in [-0.2, -0.15) is 0 Å². The van der Waals surface area contributed by atoms with E-state index in [4.69, 9.17) is 42.1 Å². The van der Waals surface area contributed by atoms with Crippen molar-refractivity contribution < 1.29 is 42.9 Å². The molecule has 0 unspecified atom stereocenters. The summed E-state index contributed by atoms with van der Waals surface area (Å²) in [5.41, 5.74) is 0.0496.